The van der Waals surface area contributed by atoms with Gasteiger partial charge in [-0.25, -0.2) is 0 Å². The fourth-order valence-corrected chi connectivity index (χ4v) is 4.05. The van der Waals surface area contributed by atoms with Crippen molar-refractivity contribution in [3.05, 3.63) is 125 Å². The van der Waals surface area contributed by atoms with E-state index in [0.29, 0.717) is 5.69 Å². The Kier molecular flexibility index (Phi) is 7.08. The van der Waals surface area contributed by atoms with E-state index in [1.54, 1.807) is 18.2 Å². The van der Waals surface area contributed by atoms with Gasteiger partial charge in [-0.15, -0.1) is 0 Å². The Morgan fingerprint density at radius 1 is 0.583 bits per heavy atom. The Bertz CT molecular complexity index is 1270. The van der Waals surface area contributed by atoms with Gasteiger partial charge in [0.2, 0.25) is 0 Å². The third kappa shape index (κ3) is 5.71. The minimum atomic E-state index is -4.94. The van der Waals surface area contributed by atoms with E-state index in [1.807, 2.05) is 60.7 Å². The fourth-order valence-electron chi connectivity index (χ4n) is 4.05. The number of rotatable bonds is 6. The molecule has 4 aromatic rings. The molecule has 0 spiro atoms. The van der Waals surface area contributed by atoms with Crippen LogP contribution in [0, 0.1) is 0 Å². The molecule has 4 rings (SSSR count). The summed E-state index contributed by atoms with van der Waals surface area (Å²) in [5.41, 5.74) is 5.82. The van der Waals surface area contributed by atoms with Crippen molar-refractivity contribution in [2.45, 2.75) is 24.4 Å². The van der Waals surface area contributed by atoms with Crippen LogP contribution >= 0.6 is 0 Å². The standard InChI is InChI=1S/C28H22F6N2/c29-27(30,31)21-15-20(16-22(17-21)28(32,33)34)23-13-7-8-14-24(23)36-26(19-11-5-2-6-12-19)25(35)18-9-3-1-4-10-18/h1-17,25-26,36H,35H2/t25-,26-/m0/s1. The summed E-state index contributed by atoms with van der Waals surface area (Å²) >= 11 is 0. The summed E-state index contributed by atoms with van der Waals surface area (Å²) in [7, 11) is 0. The molecule has 0 aliphatic heterocycles. The zero-order valence-corrected chi connectivity index (χ0v) is 18.8. The Hall–Kier alpha value is -3.78. The van der Waals surface area contributed by atoms with Crippen LogP contribution in [0.5, 0.6) is 0 Å². The third-order valence-corrected chi connectivity index (χ3v) is 5.84. The zero-order valence-electron chi connectivity index (χ0n) is 18.8. The molecule has 0 amide bonds. The highest BCUT2D eigenvalue weighted by Crippen LogP contribution is 2.41. The fraction of sp³-hybridized carbons (Fsp3) is 0.143. The van der Waals surface area contributed by atoms with Crippen molar-refractivity contribution in [3.63, 3.8) is 0 Å². The van der Waals surface area contributed by atoms with Crippen LogP contribution in [0.1, 0.15) is 34.3 Å². The lowest BCUT2D eigenvalue weighted by Crippen LogP contribution is -2.26. The molecule has 0 saturated carbocycles. The molecule has 4 aromatic carbocycles. The molecule has 0 aliphatic rings. The van der Waals surface area contributed by atoms with Crippen molar-refractivity contribution in [2.24, 2.45) is 5.73 Å². The number of nitrogens with one attached hydrogen (secondary N) is 1. The van der Waals surface area contributed by atoms with Gasteiger partial charge in [0.15, 0.2) is 0 Å². The molecular formula is C28H22F6N2. The number of halogens is 6. The smallest absolute Gasteiger partial charge is 0.376 e. The van der Waals surface area contributed by atoms with Gasteiger partial charge >= 0.3 is 12.4 Å². The molecule has 0 bridgehead atoms. The lowest BCUT2D eigenvalue weighted by Gasteiger charge is -2.28. The van der Waals surface area contributed by atoms with E-state index in [-0.39, 0.29) is 17.2 Å². The third-order valence-electron chi connectivity index (χ3n) is 5.84. The van der Waals surface area contributed by atoms with Crippen molar-refractivity contribution in [2.75, 3.05) is 5.32 Å². The van der Waals surface area contributed by atoms with Gasteiger partial charge in [-0.1, -0.05) is 78.9 Å². The molecule has 0 radical (unpaired) electrons. The molecule has 8 heteroatoms. The maximum Gasteiger partial charge on any atom is 0.416 e. The summed E-state index contributed by atoms with van der Waals surface area (Å²) in [4.78, 5) is 0. The highest BCUT2D eigenvalue weighted by atomic mass is 19.4. The van der Waals surface area contributed by atoms with Crippen LogP contribution in [0.3, 0.4) is 0 Å². The number of alkyl halides is 6. The van der Waals surface area contributed by atoms with Gasteiger partial charge in [-0.3, -0.25) is 0 Å². The molecule has 3 N–H and O–H groups in total. The first kappa shape index (κ1) is 25.3. The average Bonchev–Trinajstić information content (AvgIpc) is 2.87. The van der Waals surface area contributed by atoms with Gasteiger partial charge < -0.3 is 11.1 Å². The van der Waals surface area contributed by atoms with Crippen LogP contribution < -0.4 is 11.1 Å². The van der Waals surface area contributed by atoms with Crippen LogP contribution in [0.4, 0.5) is 32.0 Å². The minimum absolute atomic E-state index is 0.123. The van der Waals surface area contributed by atoms with Crippen molar-refractivity contribution >= 4 is 5.69 Å². The van der Waals surface area contributed by atoms with Crippen molar-refractivity contribution < 1.29 is 26.3 Å². The van der Waals surface area contributed by atoms with Crippen molar-refractivity contribution in [1.82, 2.24) is 0 Å². The largest absolute Gasteiger partial charge is 0.416 e. The molecule has 2 nitrogen and oxygen atoms in total. The van der Waals surface area contributed by atoms with E-state index in [0.717, 1.165) is 23.3 Å². The van der Waals surface area contributed by atoms with Crippen LogP contribution in [0.2, 0.25) is 0 Å². The maximum absolute atomic E-state index is 13.5. The molecule has 0 unspecified atom stereocenters. The second kappa shape index (κ2) is 10.1. The second-order valence-corrected chi connectivity index (χ2v) is 8.31. The Morgan fingerprint density at radius 3 is 1.58 bits per heavy atom. The lowest BCUT2D eigenvalue weighted by atomic mass is 9.92. The quantitative estimate of drug-likeness (QED) is 0.262. The van der Waals surface area contributed by atoms with Crippen LogP contribution in [0.15, 0.2) is 103 Å². The first-order chi connectivity index (χ1) is 17.0. The molecule has 0 aliphatic carbocycles. The van der Waals surface area contributed by atoms with E-state index in [2.05, 4.69) is 5.32 Å². The van der Waals surface area contributed by atoms with E-state index in [9.17, 15) is 26.3 Å². The topological polar surface area (TPSA) is 38.0 Å². The van der Waals surface area contributed by atoms with Crippen LogP contribution in [0.25, 0.3) is 11.1 Å². The number of hydrogen-bond acceptors (Lipinski definition) is 2. The number of para-hydroxylation sites is 1. The van der Waals surface area contributed by atoms with Gasteiger partial charge in [0.1, 0.15) is 0 Å². The zero-order chi connectivity index (χ0) is 25.9. The molecule has 0 saturated heterocycles. The monoisotopic (exact) mass is 500 g/mol. The molecule has 0 aromatic heterocycles. The first-order valence-electron chi connectivity index (χ1n) is 11.0. The van der Waals surface area contributed by atoms with Gasteiger partial charge in [-0.05, 0) is 41.0 Å². The van der Waals surface area contributed by atoms with E-state index in [4.69, 9.17) is 5.73 Å². The summed E-state index contributed by atoms with van der Waals surface area (Å²) in [6.45, 7) is 0. The number of hydrogen-bond donors (Lipinski definition) is 2. The van der Waals surface area contributed by atoms with Crippen molar-refractivity contribution in [3.8, 4) is 11.1 Å². The Balaban J connectivity index is 1.82. The molecule has 0 heterocycles. The molecule has 36 heavy (non-hydrogen) atoms. The summed E-state index contributed by atoms with van der Waals surface area (Å²) < 4.78 is 80.9. The van der Waals surface area contributed by atoms with Crippen molar-refractivity contribution in [1.29, 1.82) is 0 Å². The Morgan fingerprint density at radius 2 is 1.06 bits per heavy atom. The number of nitrogens with two attached hydrogens (primary N) is 1. The first-order valence-corrected chi connectivity index (χ1v) is 11.0. The number of benzene rings is 4. The predicted molar refractivity (Wildman–Crippen MR) is 128 cm³/mol. The molecule has 186 valence electrons. The maximum atomic E-state index is 13.5. The highest BCUT2D eigenvalue weighted by molar-refractivity contribution is 5.79. The summed E-state index contributed by atoms with van der Waals surface area (Å²) in [5, 5.41) is 3.29. The highest BCUT2D eigenvalue weighted by Gasteiger charge is 2.37. The normalized spacial score (nSPS) is 13.8. The molecular weight excluding hydrogens is 478 g/mol. The van der Waals surface area contributed by atoms with E-state index >= 15 is 0 Å². The summed E-state index contributed by atoms with van der Waals surface area (Å²) in [6.07, 6.45) is -9.89. The summed E-state index contributed by atoms with van der Waals surface area (Å²) in [6, 6.07) is 25.2. The van der Waals surface area contributed by atoms with Gasteiger partial charge in [0, 0.05) is 11.3 Å². The van der Waals surface area contributed by atoms with Crippen LogP contribution in [-0.2, 0) is 12.4 Å². The lowest BCUT2D eigenvalue weighted by molar-refractivity contribution is -0.143. The van der Waals surface area contributed by atoms with E-state index in [1.165, 1.54) is 6.07 Å². The van der Waals surface area contributed by atoms with Gasteiger partial charge in [0.25, 0.3) is 0 Å². The Labute approximate surface area is 204 Å². The van der Waals surface area contributed by atoms with E-state index < -0.39 is 35.6 Å². The predicted octanol–water partition coefficient (Wildman–Crippen LogP) is 8.24. The summed E-state index contributed by atoms with van der Waals surface area (Å²) in [5.74, 6) is 0. The van der Waals surface area contributed by atoms with Crippen LogP contribution in [-0.4, -0.2) is 0 Å². The SMILES string of the molecule is N[C@@H](c1ccccc1)[C@@H](Nc1ccccc1-c1cc(C(F)(F)F)cc(C(F)(F)F)c1)c1ccccc1. The molecule has 2 atom stereocenters. The second-order valence-electron chi connectivity index (χ2n) is 8.31. The minimum Gasteiger partial charge on any atom is -0.376 e. The van der Waals surface area contributed by atoms with Gasteiger partial charge in [0.05, 0.1) is 23.2 Å². The number of anilines is 1. The average molecular weight is 500 g/mol. The molecule has 0 fully saturated rings. The van der Waals surface area contributed by atoms with Gasteiger partial charge in [-0.2, -0.15) is 26.3 Å².